The molecule has 0 aliphatic heterocycles. The molecule has 0 N–H and O–H groups in total. The Labute approximate surface area is 82.2 Å². The van der Waals surface area contributed by atoms with Gasteiger partial charge >= 0.3 is 0 Å². The van der Waals surface area contributed by atoms with Gasteiger partial charge in [-0.05, 0) is 31.5 Å². The van der Waals surface area contributed by atoms with Crippen molar-refractivity contribution in [1.82, 2.24) is 9.97 Å². The molecule has 1 aromatic rings. The minimum atomic E-state index is 0.224. The van der Waals surface area contributed by atoms with Gasteiger partial charge < -0.3 is 0 Å². The fourth-order valence-electron chi connectivity index (χ4n) is 0.985. The number of aryl methyl sites for hydroxylation is 1. The molecule has 4 heteroatoms. The lowest BCUT2D eigenvalue weighted by atomic mass is 10.3. The van der Waals surface area contributed by atoms with Gasteiger partial charge in [-0.25, -0.2) is 9.97 Å². The monoisotopic (exact) mass is 195 g/mol. The summed E-state index contributed by atoms with van der Waals surface area (Å²) in [4.78, 5) is 12.1. The predicted octanol–water partition coefficient (Wildman–Crippen LogP) is 2.80. The van der Waals surface area contributed by atoms with Gasteiger partial charge in [0.15, 0.2) is 0 Å². The Morgan fingerprint density at radius 2 is 2.15 bits per heavy atom. The van der Waals surface area contributed by atoms with Crippen molar-refractivity contribution in [2.75, 3.05) is 0 Å². The van der Waals surface area contributed by atoms with Gasteiger partial charge in [0.2, 0.25) is 5.28 Å². The SMILES string of the molecule is C=Cc1nc(Cl)nc(C)c1/N=C\C. The summed E-state index contributed by atoms with van der Waals surface area (Å²) in [7, 11) is 0. The van der Waals surface area contributed by atoms with E-state index in [1.54, 1.807) is 12.3 Å². The molecular weight excluding hydrogens is 186 g/mol. The predicted molar refractivity (Wildman–Crippen MR) is 55.7 cm³/mol. The third-order valence-corrected chi connectivity index (χ3v) is 1.68. The second kappa shape index (κ2) is 4.14. The van der Waals surface area contributed by atoms with Gasteiger partial charge in [0.1, 0.15) is 5.69 Å². The number of halogens is 1. The van der Waals surface area contributed by atoms with Gasteiger partial charge in [-0.1, -0.05) is 6.58 Å². The first-order valence-corrected chi connectivity index (χ1v) is 4.22. The van der Waals surface area contributed by atoms with Crippen molar-refractivity contribution < 1.29 is 0 Å². The molecule has 1 rings (SSSR count). The molecule has 13 heavy (non-hydrogen) atoms. The summed E-state index contributed by atoms with van der Waals surface area (Å²) >= 11 is 5.68. The Morgan fingerprint density at radius 3 is 2.69 bits per heavy atom. The topological polar surface area (TPSA) is 38.1 Å². The van der Waals surface area contributed by atoms with E-state index in [4.69, 9.17) is 11.6 Å². The molecule has 1 heterocycles. The molecule has 0 saturated heterocycles. The highest BCUT2D eigenvalue weighted by Gasteiger charge is 2.05. The lowest BCUT2D eigenvalue weighted by Gasteiger charge is -2.02. The van der Waals surface area contributed by atoms with E-state index in [1.165, 1.54) is 0 Å². The molecule has 0 aromatic carbocycles. The van der Waals surface area contributed by atoms with Crippen LogP contribution in [0.3, 0.4) is 0 Å². The molecule has 0 bridgehead atoms. The summed E-state index contributed by atoms with van der Waals surface area (Å²) in [5.74, 6) is 0. The van der Waals surface area contributed by atoms with Crippen molar-refractivity contribution in [3.05, 3.63) is 23.3 Å². The van der Waals surface area contributed by atoms with E-state index >= 15 is 0 Å². The zero-order chi connectivity index (χ0) is 9.84. The average molecular weight is 196 g/mol. The van der Waals surface area contributed by atoms with Crippen molar-refractivity contribution >= 4 is 29.6 Å². The standard InChI is InChI=1S/C9H10ClN3/c1-4-7-8(11-5-2)6(3)12-9(10)13-7/h4-5H,1H2,2-3H3/b11-5-. The first kappa shape index (κ1) is 9.86. The molecule has 0 amide bonds. The van der Waals surface area contributed by atoms with Crippen LogP contribution >= 0.6 is 11.6 Å². The van der Waals surface area contributed by atoms with Gasteiger partial charge in [-0.2, -0.15) is 0 Å². The van der Waals surface area contributed by atoms with Crippen molar-refractivity contribution in [3.8, 4) is 0 Å². The maximum absolute atomic E-state index is 5.68. The normalized spacial score (nSPS) is 10.7. The molecule has 0 aliphatic rings. The van der Waals surface area contributed by atoms with E-state index in [0.717, 1.165) is 11.4 Å². The van der Waals surface area contributed by atoms with Gasteiger partial charge in [-0.3, -0.25) is 4.99 Å². The van der Waals surface area contributed by atoms with Crippen LogP contribution < -0.4 is 0 Å². The molecule has 0 saturated carbocycles. The van der Waals surface area contributed by atoms with Gasteiger partial charge in [0.05, 0.1) is 11.4 Å². The highest BCUT2D eigenvalue weighted by molar-refractivity contribution is 6.28. The quantitative estimate of drug-likeness (QED) is 0.538. The lowest BCUT2D eigenvalue weighted by molar-refractivity contribution is 1.08. The van der Waals surface area contributed by atoms with Gasteiger partial charge in [0.25, 0.3) is 0 Å². The van der Waals surface area contributed by atoms with Crippen LogP contribution in [0.25, 0.3) is 6.08 Å². The van der Waals surface area contributed by atoms with E-state index in [1.807, 2.05) is 13.8 Å². The van der Waals surface area contributed by atoms with Crippen molar-refractivity contribution in [2.24, 2.45) is 4.99 Å². The molecule has 0 fully saturated rings. The van der Waals surface area contributed by atoms with Crippen LogP contribution in [0.2, 0.25) is 5.28 Å². The minimum Gasteiger partial charge on any atom is -0.257 e. The zero-order valence-corrected chi connectivity index (χ0v) is 8.34. The molecular formula is C9H10ClN3. The van der Waals surface area contributed by atoms with Crippen LogP contribution in [-0.2, 0) is 0 Å². The number of aliphatic imine (C=N–C) groups is 1. The number of hydrogen-bond acceptors (Lipinski definition) is 3. The summed E-state index contributed by atoms with van der Waals surface area (Å²) in [6.07, 6.45) is 3.30. The van der Waals surface area contributed by atoms with E-state index in [-0.39, 0.29) is 5.28 Å². The summed E-state index contributed by atoms with van der Waals surface area (Å²) in [6.45, 7) is 7.30. The molecule has 3 nitrogen and oxygen atoms in total. The maximum Gasteiger partial charge on any atom is 0.223 e. The summed E-state index contributed by atoms with van der Waals surface area (Å²) < 4.78 is 0. The molecule has 68 valence electrons. The Morgan fingerprint density at radius 1 is 1.46 bits per heavy atom. The van der Waals surface area contributed by atoms with Crippen LogP contribution in [0.5, 0.6) is 0 Å². The Hall–Kier alpha value is -1.22. The van der Waals surface area contributed by atoms with Crippen LogP contribution in [-0.4, -0.2) is 16.2 Å². The third kappa shape index (κ3) is 2.12. The summed E-state index contributed by atoms with van der Waals surface area (Å²) in [5, 5.41) is 0.224. The van der Waals surface area contributed by atoms with Crippen LogP contribution in [0.4, 0.5) is 5.69 Å². The van der Waals surface area contributed by atoms with E-state index < -0.39 is 0 Å². The van der Waals surface area contributed by atoms with Crippen LogP contribution in [0, 0.1) is 6.92 Å². The number of nitrogens with zero attached hydrogens (tertiary/aromatic N) is 3. The van der Waals surface area contributed by atoms with Gasteiger partial charge in [-0.15, -0.1) is 0 Å². The minimum absolute atomic E-state index is 0.224. The second-order valence-corrected chi connectivity index (χ2v) is 2.74. The highest BCUT2D eigenvalue weighted by atomic mass is 35.5. The Balaban J connectivity index is 3.37. The van der Waals surface area contributed by atoms with E-state index in [0.29, 0.717) is 5.69 Å². The fraction of sp³-hybridized carbons (Fsp3) is 0.222. The molecule has 0 spiro atoms. The smallest absolute Gasteiger partial charge is 0.223 e. The number of hydrogen-bond donors (Lipinski definition) is 0. The second-order valence-electron chi connectivity index (χ2n) is 2.40. The van der Waals surface area contributed by atoms with Gasteiger partial charge in [0, 0.05) is 6.21 Å². The molecule has 0 radical (unpaired) electrons. The number of aromatic nitrogens is 2. The number of rotatable bonds is 2. The first-order valence-electron chi connectivity index (χ1n) is 3.84. The van der Waals surface area contributed by atoms with Crippen molar-refractivity contribution in [1.29, 1.82) is 0 Å². The Kier molecular flexibility index (Phi) is 3.14. The molecule has 1 aromatic heterocycles. The van der Waals surface area contributed by atoms with Crippen LogP contribution in [0.1, 0.15) is 18.3 Å². The maximum atomic E-state index is 5.68. The highest BCUT2D eigenvalue weighted by Crippen LogP contribution is 2.22. The molecule has 0 unspecified atom stereocenters. The van der Waals surface area contributed by atoms with E-state index in [2.05, 4.69) is 21.5 Å². The van der Waals surface area contributed by atoms with Crippen molar-refractivity contribution in [3.63, 3.8) is 0 Å². The third-order valence-electron chi connectivity index (χ3n) is 1.51. The first-order chi connectivity index (χ1) is 6.19. The molecule has 0 atom stereocenters. The summed E-state index contributed by atoms with van der Waals surface area (Å²) in [5.41, 5.74) is 2.14. The fourth-order valence-corrected chi connectivity index (χ4v) is 1.20. The largest absolute Gasteiger partial charge is 0.257 e. The van der Waals surface area contributed by atoms with Crippen molar-refractivity contribution in [2.45, 2.75) is 13.8 Å². The molecule has 0 aliphatic carbocycles. The lowest BCUT2D eigenvalue weighted by Crippen LogP contribution is -1.91. The van der Waals surface area contributed by atoms with Crippen LogP contribution in [0.15, 0.2) is 11.6 Å². The zero-order valence-electron chi connectivity index (χ0n) is 7.58. The Bertz CT molecular complexity index is 358. The summed E-state index contributed by atoms with van der Waals surface area (Å²) in [6, 6.07) is 0. The average Bonchev–Trinajstić information content (AvgIpc) is 2.09. The van der Waals surface area contributed by atoms with E-state index in [9.17, 15) is 0 Å².